The summed E-state index contributed by atoms with van der Waals surface area (Å²) in [7, 11) is 0. The van der Waals surface area contributed by atoms with E-state index in [9.17, 15) is 14.9 Å². The lowest BCUT2D eigenvalue weighted by Crippen LogP contribution is -2.19. The molecule has 108 valence electrons. The normalized spacial score (nSPS) is 11.2. The van der Waals surface area contributed by atoms with Crippen LogP contribution in [0.25, 0.3) is 0 Å². The SMILES string of the molecule is CCCCC/C(C)=N/NC(=O)c1ccc([N+](=O)[O-])cc1. The van der Waals surface area contributed by atoms with Gasteiger partial charge in [0.05, 0.1) is 4.92 Å². The fourth-order valence-corrected chi connectivity index (χ4v) is 1.63. The number of rotatable bonds is 7. The first-order valence-electron chi connectivity index (χ1n) is 6.62. The Hall–Kier alpha value is -2.24. The fourth-order valence-electron chi connectivity index (χ4n) is 1.63. The van der Waals surface area contributed by atoms with Crippen LogP contribution in [0.5, 0.6) is 0 Å². The predicted octanol–water partition coefficient (Wildman–Crippen LogP) is 3.28. The van der Waals surface area contributed by atoms with Crippen molar-refractivity contribution in [1.82, 2.24) is 5.43 Å². The van der Waals surface area contributed by atoms with Crippen molar-refractivity contribution in [1.29, 1.82) is 0 Å². The molecule has 0 saturated heterocycles. The minimum atomic E-state index is -0.502. The molecular formula is C14H19N3O3. The standard InChI is InChI=1S/C14H19N3O3/c1-3-4-5-6-11(2)15-16-14(18)12-7-9-13(10-8-12)17(19)20/h7-10H,3-6H2,1-2H3,(H,16,18)/b15-11+. The summed E-state index contributed by atoms with van der Waals surface area (Å²) in [6.45, 7) is 3.99. The lowest BCUT2D eigenvalue weighted by molar-refractivity contribution is -0.384. The second-order valence-corrected chi connectivity index (χ2v) is 4.55. The van der Waals surface area contributed by atoms with Crippen molar-refractivity contribution < 1.29 is 9.72 Å². The van der Waals surface area contributed by atoms with E-state index in [0.29, 0.717) is 5.56 Å². The molecule has 0 aliphatic rings. The molecule has 1 rings (SSSR count). The number of non-ortho nitro benzene ring substituents is 1. The number of benzene rings is 1. The van der Waals surface area contributed by atoms with Crippen LogP contribution in [0.2, 0.25) is 0 Å². The molecule has 6 heteroatoms. The van der Waals surface area contributed by atoms with Crippen LogP contribution in [0.3, 0.4) is 0 Å². The Balaban J connectivity index is 2.53. The quantitative estimate of drug-likeness (QED) is 0.359. The van der Waals surface area contributed by atoms with Gasteiger partial charge in [-0.3, -0.25) is 14.9 Å². The highest BCUT2D eigenvalue weighted by atomic mass is 16.6. The zero-order valence-corrected chi connectivity index (χ0v) is 11.8. The average molecular weight is 277 g/mol. The van der Waals surface area contributed by atoms with Gasteiger partial charge in [0.25, 0.3) is 11.6 Å². The van der Waals surface area contributed by atoms with Gasteiger partial charge in [0.15, 0.2) is 0 Å². The Bertz CT molecular complexity index is 495. The summed E-state index contributed by atoms with van der Waals surface area (Å²) >= 11 is 0. The maximum atomic E-state index is 11.8. The van der Waals surface area contributed by atoms with Gasteiger partial charge in [-0.05, 0) is 31.9 Å². The van der Waals surface area contributed by atoms with Crippen LogP contribution >= 0.6 is 0 Å². The monoisotopic (exact) mass is 277 g/mol. The van der Waals surface area contributed by atoms with Gasteiger partial charge in [-0.1, -0.05) is 19.8 Å². The van der Waals surface area contributed by atoms with Crippen LogP contribution in [0, 0.1) is 10.1 Å². The summed E-state index contributed by atoms with van der Waals surface area (Å²) in [5.74, 6) is -0.366. The molecule has 0 bridgehead atoms. The minimum Gasteiger partial charge on any atom is -0.267 e. The molecule has 0 aliphatic heterocycles. The van der Waals surface area contributed by atoms with Gasteiger partial charge in [0, 0.05) is 23.4 Å². The van der Waals surface area contributed by atoms with E-state index < -0.39 is 4.92 Å². The van der Waals surface area contributed by atoms with Crippen LogP contribution in [0.15, 0.2) is 29.4 Å². The third-order valence-electron chi connectivity index (χ3n) is 2.83. The highest BCUT2D eigenvalue weighted by Crippen LogP contribution is 2.11. The second kappa shape index (κ2) is 8.04. The zero-order valence-electron chi connectivity index (χ0n) is 11.8. The first kappa shape index (κ1) is 15.8. The van der Waals surface area contributed by atoms with Gasteiger partial charge < -0.3 is 0 Å². The van der Waals surface area contributed by atoms with Crippen molar-refractivity contribution in [3.05, 3.63) is 39.9 Å². The number of nitro benzene ring substituents is 1. The third kappa shape index (κ3) is 5.17. The molecule has 0 aromatic heterocycles. The van der Waals surface area contributed by atoms with E-state index in [4.69, 9.17) is 0 Å². The number of carbonyl (C=O) groups is 1. The summed E-state index contributed by atoms with van der Waals surface area (Å²) in [6, 6.07) is 5.42. The Morgan fingerprint density at radius 1 is 1.30 bits per heavy atom. The summed E-state index contributed by atoms with van der Waals surface area (Å²) in [5, 5.41) is 14.5. The van der Waals surface area contributed by atoms with Gasteiger partial charge >= 0.3 is 0 Å². The van der Waals surface area contributed by atoms with Crippen LogP contribution < -0.4 is 5.43 Å². The van der Waals surface area contributed by atoms with Crippen LogP contribution in [-0.4, -0.2) is 16.5 Å². The number of unbranched alkanes of at least 4 members (excludes halogenated alkanes) is 2. The molecular weight excluding hydrogens is 258 g/mol. The molecule has 1 aromatic carbocycles. The number of nitro groups is 1. The molecule has 1 amide bonds. The molecule has 1 aromatic rings. The fraction of sp³-hybridized carbons (Fsp3) is 0.429. The molecule has 1 N–H and O–H groups in total. The molecule has 0 saturated carbocycles. The number of hydrazone groups is 1. The van der Waals surface area contributed by atoms with Crippen LogP contribution in [-0.2, 0) is 0 Å². The van der Waals surface area contributed by atoms with E-state index >= 15 is 0 Å². The molecule has 0 radical (unpaired) electrons. The summed E-state index contributed by atoms with van der Waals surface area (Å²) in [4.78, 5) is 21.8. The summed E-state index contributed by atoms with van der Waals surface area (Å²) < 4.78 is 0. The highest BCUT2D eigenvalue weighted by Gasteiger charge is 2.08. The van der Waals surface area contributed by atoms with Crippen LogP contribution in [0.1, 0.15) is 49.9 Å². The predicted molar refractivity (Wildman–Crippen MR) is 77.8 cm³/mol. The summed E-state index contributed by atoms with van der Waals surface area (Å²) in [6.07, 6.45) is 4.19. The lowest BCUT2D eigenvalue weighted by atomic mass is 10.1. The van der Waals surface area contributed by atoms with Crippen molar-refractivity contribution in [2.45, 2.75) is 39.5 Å². The zero-order chi connectivity index (χ0) is 15.0. The second-order valence-electron chi connectivity index (χ2n) is 4.55. The number of hydrogen-bond donors (Lipinski definition) is 1. The highest BCUT2D eigenvalue weighted by molar-refractivity contribution is 5.95. The van der Waals surface area contributed by atoms with E-state index in [1.807, 2.05) is 6.92 Å². The van der Waals surface area contributed by atoms with E-state index in [-0.39, 0.29) is 11.6 Å². The maximum Gasteiger partial charge on any atom is 0.271 e. The van der Waals surface area contributed by atoms with Gasteiger partial charge in [0.1, 0.15) is 0 Å². The van der Waals surface area contributed by atoms with Gasteiger partial charge in [0.2, 0.25) is 0 Å². The van der Waals surface area contributed by atoms with Gasteiger partial charge in [-0.15, -0.1) is 0 Å². The maximum absolute atomic E-state index is 11.8. The molecule has 0 aliphatic carbocycles. The lowest BCUT2D eigenvalue weighted by Gasteiger charge is -2.02. The number of nitrogens with one attached hydrogen (secondary N) is 1. The molecule has 0 atom stereocenters. The van der Waals surface area contributed by atoms with Crippen molar-refractivity contribution in [2.75, 3.05) is 0 Å². The topological polar surface area (TPSA) is 84.6 Å². The van der Waals surface area contributed by atoms with E-state index in [0.717, 1.165) is 31.4 Å². The average Bonchev–Trinajstić information content (AvgIpc) is 2.45. The van der Waals surface area contributed by atoms with E-state index in [2.05, 4.69) is 17.5 Å². The smallest absolute Gasteiger partial charge is 0.267 e. The van der Waals surface area contributed by atoms with Gasteiger partial charge in [-0.25, -0.2) is 5.43 Å². The first-order chi connectivity index (χ1) is 9.54. The van der Waals surface area contributed by atoms with E-state index in [1.54, 1.807) is 0 Å². The Labute approximate surface area is 118 Å². The Morgan fingerprint density at radius 2 is 1.95 bits per heavy atom. The Morgan fingerprint density at radius 3 is 2.50 bits per heavy atom. The van der Waals surface area contributed by atoms with Crippen molar-refractivity contribution in [3.8, 4) is 0 Å². The largest absolute Gasteiger partial charge is 0.271 e. The number of hydrogen-bond acceptors (Lipinski definition) is 4. The van der Waals surface area contributed by atoms with Gasteiger partial charge in [-0.2, -0.15) is 5.10 Å². The molecule has 6 nitrogen and oxygen atoms in total. The molecule has 0 heterocycles. The molecule has 0 unspecified atom stereocenters. The van der Waals surface area contributed by atoms with Crippen molar-refractivity contribution in [3.63, 3.8) is 0 Å². The molecule has 20 heavy (non-hydrogen) atoms. The Kier molecular flexibility index (Phi) is 6.36. The third-order valence-corrected chi connectivity index (χ3v) is 2.83. The minimum absolute atomic E-state index is 0.0409. The molecule has 0 spiro atoms. The first-order valence-corrected chi connectivity index (χ1v) is 6.62. The number of nitrogens with zero attached hydrogens (tertiary/aromatic N) is 2. The molecule has 0 fully saturated rings. The van der Waals surface area contributed by atoms with E-state index in [1.165, 1.54) is 24.3 Å². The van der Waals surface area contributed by atoms with Crippen LogP contribution in [0.4, 0.5) is 5.69 Å². The van der Waals surface area contributed by atoms with Crippen molar-refractivity contribution >= 4 is 17.3 Å². The number of amides is 1. The number of carbonyl (C=O) groups excluding carboxylic acids is 1. The summed E-state index contributed by atoms with van der Waals surface area (Å²) in [5.41, 5.74) is 3.63. The van der Waals surface area contributed by atoms with Crippen molar-refractivity contribution in [2.24, 2.45) is 5.10 Å².